The van der Waals surface area contributed by atoms with Gasteiger partial charge in [0.05, 0.1) is 18.3 Å². The predicted octanol–water partition coefficient (Wildman–Crippen LogP) is 1.66. The Balaban J connectivity index is 1.62. The minimum absolute atomic E-state index is 0.0398. The van der Waals surface area contributed by atoms with Crippen molar-refractivity contribution in [2.24, 2.45) is 0 Å². The van der Waals surface area contributed by atoms with Gasteiger partial charge in [-0.3, -0.25) is 4.79 Å². The van der Waals surface area contributed by atoms with E-state index in [2.05, 4.69) is 15.6 Å². The number of carbonyl (C=O) groups is 1. The summed E-state index contributed by atoms with van der Waals surface area (Å²) in [5, 5.41) is 6.05. The summed E-state index contributed by atoms with van der Waals surface area (Å²) in [6, 6.07) is 7.26. The van der Waals surface area contributed by atoms with Gasteiger partial charge in [0.2, 0.25) is 5.91 Å². The molecular weight excluding hydrogens is 270 g/mol. The van der Waals surface area contributed by atoms with Crippen molar-refractivity contribution in [2.45, 2.75) is 18.6 Å². The third-order valence-corrected chi connectivity index (χ3v) is 3.61. The molecule has 0 spiro atoms. The first kappa shape index (κ1) is 13.8. The molecule has 1 fully saturated rings. The number of hydrogen-bond acceptors (Lipinski definition) is 5. The maximum absolute atomic E-state index is 12.1. The minimum atomic E-state index is -0.205. The van der Waals surface area contributed by atoms with Crippen molar-refractivity contribution < 1.29 is 13.9 Å². The first-order chi connectivity index (χ1) is 10.3. The van der Waals surface area contributed by atoms with Crippen molar-refractivity contribution in [3.8, 4) is 11.3 Å². The van der Waals surface area contributed by atoms with Gasteiger partial charge in [0.25, 0.3) is 0 Å². The van der Waals surface area contributed by atoms with Gasteiger partial charge in [0, 0.05) is 24.9 Å². The molecule has 110 valence electrons. The highest BCUT2D eigenvalue weighted by Crippen LogP contribution is 2.21. The lowest BCUT2D eigenvalue weighted by atomic mass is 10.1. The molecule has 0 bridgehead atoms. The van der Waals surface area contributed by atoms with Crippen molar-refractivity contribution in [3.63, 3.8) is 0 Å². The van der Waals surface area contributed by atoms with E-state index in [4.69, 9.17) is 9.15 Å². The highest BCUT2D eigenvalue weighted by molar-refractivity contribution is 5.95. The number of methoxy groups -OCH3 is 1. The Kier molecular flexibility index (Phi) is 3.98. The van der Waals surface area contributed by atoms with E-state index < -0.39 is 0 Å². The van der Waals surface area contributed by atoms with Crippen LogP contribution in [-0.4, -0.2) is 36.7 Å². The van der Waals surface area contributed by atoms with Crippen LogP contribution in [0.15, 0.2) is 41.3 Å². The Labute approximate surface area is 122 Å². The fourth-order valence-corrected chi connectivity index (χ4v) is 2.39. The zero-order valence-electron chi connectivity index (χ0n) is 11.7. The second-order valence-corrected chi connectivity index (χ2v) is 4.99. The number of aromatic nitrogens is 1. The standard InChI is InChI=1S/C15H17N3O3/c1-20-12-6-13(17-7-12)15(19)18-11-4-2-10(3-5-11)14-8-16-9-21-14/h2-5,8-9,12-13,17H,6-7H2,1H3,(H,18,19)/t12-,13+/m0/s1. The second kappa shape index (κ2) is 6.07. The van der Waals surface area contributed by atoms with Gasteiger partial charge in [-0.1, -0.05) is 0 Å². The SMILES string of the molecule is CO[C@@H]1CN[C@@H](C(=O)Nc2ccc(-c3cnco3)cc2)C1. The third-order valence-electron chi connectivity index (χ3n) is 3.61. The van der Waals surface area contributed by atoms with Crippen LogP contribution in [0.25, 0.3) is 11.3 Å². The maximum Gasteiger partial charge on any atom is 0.241 e. The number of nitrogens with zero attached hydrogens (tertiary/aromatic N) is 1. The highest BCUT2D eigenvalue weighted by atomic mass is 16.5. The molecule has 2 atom stereocenters. The first-order valence-electron chi connectivity index (χ1n) is 6.82. The van der Waals surface area contributed by atoms with Gasteiger partial charge in [-0.05, 0) is 30.7 Å². The Bertz CT molecular complexity index is 595. The van der Waals surface area contributed by atoms with Crippen molar-refractivity contribution >= 4 is 11.6 Å². The van der Waals surface area contributed by atoms with E-state index >= 15 is 0 Å². The van der Waals surface area contributed by atoms with Crippen LogP contribution in [0.2, 0.25) is 0 Å². The molecule has 0 radical (unpaired) electrons. The summed E-state index contributed by atoms with van der Waals surface area (Å²) in [7, 11) is 1.66. The number of amides is 1. The first-order valence-corrected chi connectivity index (χ1v) is 6.82. The van der Waals surface area contributed by atoms with Crippen LogP contribution < -0.4 is 10.6 Å². The zero-order valence-corrected chi connectivity index (χ0v) is 11.7. The van der Waals surface area contributed by atoms with E-state index in [0.29, 0.717) is 18.7 Å². The molecular formula is C15H17N3O3. The molecule has 1 amide bonds. The maximum atomic E-state index is 12.1. The number of benzene rings is 1. The molecule has 2 aromatic rings. The average Bonchev–Trinajstić information content (AvgIpc) is 3.19. The number of ether oxygens (including phenoxy) is 1. The van der Waals surface area contributed by atoms with Gasteiger partial charge in [-0.15, -0.1) is 0 Å². The highest BCUT2D eigenvalue weighted by Gasteiger charge is 2.29. The van der Waals surface area contributed by atoms with Crippen LogP contribution in [0.4, 0.5) is 5.69 Å². The Hall–Kier alpha value is -2.18. The minimum Gasteiger partial charge on any atom is -0.444 e. The smallest absolute Gasteiger partial charge is 0.241 e. The van der Waals surface area contributed by atoms with E-state index in [1.54, 1.807) is 13.3 Å². The summed E-state index contributed by atoms with van der Waals surface area (Å²) in [6.07, 6.45) is 3.84. The molecule has 1 aromatic heterocycles. The molecule has 21 heavy (non-hydrogen) atoms. The molecule has 6 nitrogen and oxygen atoms in total. The van der Waals surface area contributed by atoms with Gasteiger partial charge in [-0.2, -0.15) is 0 Å². The fourth-order valence-electron chi connectivity index (χ4n) is 2.39. The number of nitrogens with one attached hydrogen (secondary N) is 2. The third kappa shape index (κ3) is 3.12. The van der Waals surface area contributed by atoms with E-state index in [1.807, 2.05) is 24.3 Å². The molecule has 1 aliphatic heterocycles. The van der Waals surface area contributed by atoms with Gasteiger partial charge >= 0.3 is 0 Å². The summed E-state index contributed by atoms with van der Waals surface area (Å²) < 4.78 is 10.5. The lowest BCUT2D eigenvalue weighted by Gasteiger charge is -2.11. The summed E-state index contributed by atoms with van der Waals surface area (Å²) >= 11 is 0. The van der Waals surface area contributed by atoms with Crippen LogP contribution in [0.1, 0.15) is 6.42 Å². The van der Waals surface area contributed by atoms with Crippen LogP contribution in [-0.2, 0) is 9.53 Å². The van der Waals surface area contributed by atoms with E-state index in [1.165, 1.54) is 6.39 Å². The molecule has 1 saturated heterocycles. The number of hydrogen-bond donors (Lipinski definition) is 2. The number of carbonyl (C=O) groups excluding carboxylic acids is 1. The largest absolute Gasteiger partial charge is 0.444 e. The molecule has 1 aliphatic rings. The van der Waals surface area contributed by atoms with Gasteiger partial charge in [-0.25, -0.2) is 4.98 Å². The molecule has 1 aromatic carbocycles. The topological polar surface area (TPSA) is 76.4 Å². The van der Waals surface area contributed by atoms with Crippen LogP contribution in [0.5, 0.6) is 0 Å². The van der Waals surface area contributed by atoms with Crippen molar-refractivity contribution in [3.05, 3.63) is 36.9 Å². The molecule has 6 heteroatoms. The van der Waals surface area contributed by atoms with E-state index in [0.717, 1.165) is 11.3 Å². The number of rotatable bonds is 4. The van der Waals surface area contributed by atoms with Crippen molar-refractivity contribution in [1.29, 1.82) is 0 Å². The fraction of sp³-hybridized carbons (Fsp3) is 0.333. The lowest BCUT2D eigenvalue weighted by Crippen LogP contribution is -2.35. The molecule has 3 rings (SSSR count). The van der Waals surface area contributed by atoms with Gasteiger partial charge < -0.3 is 19.8 Å². The van der Waals surface area contributed by atoms with Crippen molar-refractivity contribution in [1.82, 2.24) is 10.3 Å². The summed E-state index contributed by atoms with van der Waals surface area (Å²) in [5.41, 5.74) is 1.68. The van der Waals surface area contributed by atoms with Crippen LogP contribution in [0, 0.1) is 0 Å². The lowest BCUT2D eigenvalue weighted by molar-refractivity contribution is -0.118. The normalized spacial score (nSPS) is 21.4. The molecule has 2 N–H and O–H groups in total. The van der Waals surface area contributed by atoms with Gasteiger partial charge in [0.15, 0.2) is 12.2 Å². The number of anilines is 1. The van der Waals surface area contributed by atoms with Gasteiger partial charge in [0.1, 0.15) is 0 Å². The summed E-state index contributed by atoms with van der Waals surface area (Å²) in [6.45, 7) is 0.707. The quantitative estimate of drug-likeness (QED) is 0.894. The summed E-state index contributed by atoms with van der Waals surface area (Å²) in [4.78, 5) is 16.0. The average molecular weight is 287 g/mol. The van der Waals surface area contributed by atoms with E-state index in [-0.39, 0.29) is 18.1 Å². The Morgan fingerprint density at radius 3 is 2.86 bits per heavy atom. The molecule has 0 unspecified atom stereocenters. The molecule has 0 saturated carbocycles. The molecule has 0 aliphatic carbocycles. The van der Waals surface area contributed by atoms with E-state index in [9.17, 15) is 4.79 Å². The Morgan fingerprint density at radius 2 is 2.24 bits per heavy atom. The summed E-state index contributed by atoms with van der Waals surface area (Å²) in [5.74, 6) is 0.662. The van der Waals surface area contributed by atoms with Crippen molar-refractivity contribution in [2.75, 3.05) is 19.0 Å². The predicted molar refractivity (Wildman–Crippen MR) is 77.8 cm³/mol. The van der Waals surface area contributed by atoms with Crippen LogP contribution >= 0.6 is 0 Å². The zero-order chi connectivity index (χ0) is 14.7. The number of oxazole rings is 1. The monoisotopic (exact) mass is 287 g/mol. The van der Waals surface area contributed by atoms with Crippen LogP contribution in [0.3, 0.4) is 0 Å². The Morgan fingerprint density at radius 1 is 1.43 bits per heavy atom. The molecule has 2 heterocycles. The second-order valence-electron chi connectivity index (χ2n) is 4.99.